The van der Waals surface area contributed by atoms with Gasteiger partial charge in [0.2, 0.25) is 0 Å². The monoisotopic (exact) mass is 289 g/mol. The summed E-state index contributed by atoms with van der Waals surface area (Å²) in [5.74, 6) is 0. The molecule has 1 unspecified atom stereocenters. The third kappa shape index (κ3) is 3.73. The highest BCUT2D eigenvalue weighted by atomic mass is 28.3. The lowest BCUT2D eigenvalue weighted by molar-refractivity contribution is 0.366. The van der Waals surface area contributed by atoms with Crippen molar-refractivity contribution in [3.8, 4) is 0 Å². The molecule has 2 heteroatoms. The summed E-state index contributed by atoms with van der Waals surface area (Å²) in [5, 5.41) is 3.73. The average molecular weight is 290 g/mol. The molecule has 0 aromatic heterocycles. The molecule has 112 valence electrons. The molecular formula is C18H31NSi. The Balaban J connectivity index is 2.32. The van der Waals surface area contributed by atoms with Gasteiger partial charge in [-0.1, -0.05) is 50.8 Å². The Morgan fingerprint density at radius 1 is 1.20 bits per heavy atom. The molecule has 1 nitrogen and oxygen atoms in total. The minimum Gasteiger partial charge on any atom is -0.316 e. The second kappa shape index (κ2) is 6.44. The highest BCUT2D eigenvalue weighted by Crippen LogP contribution is 2.42. The molecular weight excluding hydrogens is 258 g/mol. The van der Waals surface area contributed by atoms with Gasteiger partial charge in [0, 0.05) is 20.0 Å². The molecule has 1 aliphatic carbocycles. The summed E-state index contributed by atoms with van der Waals surface area (Å²) >= 11 is 0. The minimum absolute atomic E-state index is 0.397. The lowest BCUT2D eigenvalue weighted by atomic mass is 9.71. The molecule has 1 N–H and O–H groups in total. The van der Waals surface area contributed by atoms with E-state index in [0.29, 0.717) is 5.41 Å². The third-order valence-corrected chi connectivity index (χ3v) is 6.19. The summed E-state index contributed by atoms with van der Waals surface area (Å²) in [7, 11) is -1.09. The van der Waals surface area contributed by atoms with Gasteiger partial charge in [-0.3, -0.25) is 0 Å². The van der Waals surface area contributed by atoms with Crippen molar-refractivity contribution in [2.24, 2.45) is 0 Å². The largest absolute Gasteiger partial charge is 0.316 e. The first kappa shape index (κ1) is 15.8. The molecule has 20 heavy (non-hydrogen) atoms. The van der Waals surface area contributed by atoms with Crippen LogP contribution in [0.2, 0.25) is 25.7 Å². The summed E-state index contributed by atoms with van der Waals surface area (Å²) < 4.78 is 0. The zero-order valence-electron chi connectivity index (χ0n) is 13.8. The lowest BCUT2D eigenvalue weighted by Gasteiger charge is -2.43. The van der Waals surface area contributed by atoms with Crippen molar-refractivity contribution < 1.29 is 0 Å². The highest BCUT2D eigenvalue weighted by molar-refractivity contribution is 6.76. The summed E-state index contributed by atoms with van der Waals surface area (Å²) in [5.41, 5.74) is 3.65. The van der Waals surface area contributed by atoms with Gasteiger partial charge in [0.15, 0.2) is 0 Å². The second-order valence-electron chi connectivity index (χ2n) is 7.71. The predicted molar refractivity (Wildman–Crippen MR) is 92.4 cm³/mol. The van der Waals surface area contributed by atoms with E-state index < -0.39 is 8.07 Å². The molecule has 1 aliphatic rings. The molecule has 0 spiro atoms. The Kier molecular flexibility index (Phi) is 5.08. The molecule has 0 saturated heterocycles. The van der Waals surface area contributed by atoms with Gasteiger partial charge in [-0.05, 0) is 49.4 Å². The van der Waals surface area contributed by atoms with Crippen LogP contribution in [-0.4, -0.2) is 21.2 Å². The normalized spacial score (nSPS) is 22.6. The maximum Gasteiger partial charge on any atom is 0.0451 e. The summed E-state index contributed by atoms with van der Waals surface area (Å²) in [6.07, 6.45) is 5.22. The number of aryl methyl sites for hydroxylation is 1. The van der Waals surface area contributed by atoms with Crippen molar-refractivity contribution in [1.29, 1.82) is 0 Å². The van der Waals surface area contributed by atoms with E-state index in [1.807, 2.05) is 0 Å². The Hall–Kier alpha value is -0.603. The van der Waals surface area contributed by atoms with Gasteiger partial charge in [0.25, 0.3) is 0 Å². The summed E-state index contributed by atoms with van der Waals surface area (Å²) in [6, 6.07) is 10.6. The van der Waals surface area contributed by atoms with E-state index in [1.165, 1.54) is 38.3 Å². The van der Waals surface area contributed by atoms with Crippen molar-refractivity contribution in [3.05, 3.63) is 35.4 Å². The van der Waals surface area contributed by atoms with E-state index in [2.05, 4.69) is 56.1 Å². The van der Waals surface area contributed by atoms with Crippen LogP contribution in [0.4, 0.5) is 0 Å². The molecule has 0 amide bonds. The third-order valence-electron chi connectivity index (χ3n) is 4.45. The number of benzene rings is 1. The van der Waals surface area contributed by atoms with E-state index in [4.69, 9.17) is 0 Å². The Bertz CT molecular complexity index is 435. The van der Waals surface area contributed by atoms with Crippen LogP contribution in [0.25, 0.3) is 0 Å². The molecule has 0 radical (unpaired) electrons. The first-order chi connectivity index (χ1) is 9.47. The fourth-order valence-electron chi connectivity index (χ4n) is 3.96. The molecule has 1 atom stereocenters. The minimum atomic E-state index is -1.09. The van der Waals surface area contributed by atoms with Crippen molar-refractivity contribution >= 4 is 8.07 Å². The van der Waals surface area contributed by atoms with E-state index in [9.17, 15) is 0 Å². The summed E-state index contributed by atoms with van der Waals surface area (Å²) in [6.45, 7) is 12.1. The number of hydrogen-bond acceptors (Lipinski definition) is 1. The van der Waals surface area contributed by atoms with Crippen LogP contribution < -0.4 is 5.32 Å². The average Bonchev–Trinajstić information content (AvgIpc) is 2.38. The highest BCUT2D eigenvalue weighted by Gasteiger charge is 2.39. The van der Waals surface area contributed by atoms with Crippen molar-refractivity contribution in [3.63, 3.8) is 0 Å². The van der Waals surface area contributed by atoms with E-state index in [1.54, 1.807) is 11.1 Å². The Labute approximate surface area is 126 Å². The molecule has 0 heterocycles. The van der Waals surface area contributed by atoms with Crippen LogP contribution in [0.15, 0.2) is 24.3 Å². The molecule has 1 aromatic carbocycles. The zero-order valence-corrected chi connectivity index (χ0v) is 14.8. The maximum atomic E-state index is 3.73. The smallest absolute Gasteiger partial charge is 0.0451 e. The van der Waals surface area contributed by atoms with Crippen LogP contribution in [0, 0.1) is 0 Å². The molecule has 1 aromatic rings. The van der Waals surface area contributed by atoms with Crippen molar-refractivity contribution in [1.82, 2.24) is 5.32 Å². The number of rotatable bonds is 6. The van der Waals surface area contributed by atoms with Crippen LogP contribution >= 0.6 is 0 Å². The van der Waals surface area contributed by atoms with Crippen molar-refractivity contribution in [2.45, 2.75) is 63.7 Å². The van der Waals surface area contributed by atoms with E-state index >= 15 is 0 Å². The lowest BCUT2D eigenvalue weighted by Crippen LogP contribution is -2.45. The molecule has 2 rings (SSSR count). The fraction of sp³-hybridized carbons (Fsp3) is 0.667. The maximum absolute atomic E-state index is 3.73. The number of fused-ring (bicyclic) bond motifs is 1. The van der Waals surface area contributed by atoms with E-state index in [0.717, 1.165) is 6.54 Å². The topological polar surface area (TPSA) is 12.0 Å². The van der Waals surface area contributed by atoms with Crippen LogP contribution in [-0.2, 0) is 11.8 Å². The second-order valence-corrected chi connectivity index (χ2v) is 13.2. The molecule has 0 saturated carbocycles. The SMILES string of the molecule is CCCNCC1(C[Si](C)(C)C)CCCc2ccccc21. The van der Waals surface area contributed by atoms with Crippen LogP contribution in [0.3, 0.4) is 0 Å². The number of nitrogens with one attached hydrogen (secondary N) is 1. The van der Waals surface area contributed by atoms with Crippen LogP contribution in [0.5, 0.6) is 0 Å². The van der Waals surface area contributed by atoms with Crippen LogP contribution in [0.1, 0.15) is 37.3 Å². The van der Waals surface area contributed by atoms with Gasteiger partial charge in [-0.2, -0.15) is 0 Å². The Morgan fingerprint density at radius 2 is 1.95 bits per heavy atom. The van der Waals surface area contributed by atoms with Gasteiger partial charge >= 0.3 is 0 Å². The van der Waals surface area contributed by atoms with Gasteiger partial charge in [0.1, 0.15) is 0 Å². The van der Waals surface area contributed by atoms with Crippen molar-refractivity contribution in [2.75, 3.05) is 13.1 Å². The van der Waals surface area contributed by atoms with Gasteiger partial charge < -0.3 is 5.32 Å². The zero-order chi connectivity index (χ0) is 14.6. The standard InChI is InChI=1S/C18H31NSi/c1-5-13-19-14-18(15-20(2,3)4)12-8-10-16-9-6-7-11-17(16)18/h6-7,9,11,19H,5,8,10,12-15H2,1-4H3. The molecule has 0 aliphatic heterocycles. The van der Waals surface area contributed by atoms with Gasteiger partial charge in [-0.25, -0.2) is 0 Å². The predicted octanol–water partition coefficient (Wildman–Crippen LogP) is 4.60. The first-order valence-corrected chi connectivity index (χ1v) is 12.0. The first-order valence-electron chi connectivity index (χ1n) is 8.26. The van der Waals surface area contributed by atoms with Gasteiger partial charge in [0.05, 0.1) is 0 Å². The number of hydrogen-bond donors (Lipinski definition) is 1. The van der Waals surface area contributed by atoms with Gasteiger partial charge in [-0.15, -0.1) is 0 Å². The van der Waals surface area contributed by atoms with E-state index in [-0.39, 0.29) is 0 Å². The quantitative estimate of drug-likeness (QED) is 0.596. The Morgan fingerprint density at radius 3 is 2.65 bits per heavy atom. The fourth-order valence-corrected chi connectivity index (χ4v) is 6.48. The summed E-state index contributed by atoms with van der Waals surface area (Å²) in [4.78, 5) is 0. The molecule has 0 fully saturated rings. The molecule has 0 bridgehead atoms.